The number of anilines is 2. The van der Waals surface area contributed by atoms with Crippen LogP contribution in [0.4, 0.5) is 11.4 Å². The van der Waals surface area contributed by atoms with Crippen LogP contribution in [0.15, 0.2) is 48.5 Å². The molecule has 2 aliphatic carbocycles. The van der Waals surface area contributed by atoms with E-state index in [1.807, 2.05) is 0 Å². The molecule has 2 aromatic rings. The molecule has 0 bridgehead atoms. The van der Waals surface area contributed by atoms with Gasteiger partial charge in [-0.1, -0.05) is 64.2 Å². The van der Waals surface area contributed by atoms with Gasteiger partial charge in [-0.3, -0.25) is 19.2 Å². The fourth-order valence-corrected chi connectivity index (χ4v) is 6.17. The summed E-state index contributed by atoms with van der Waals surface area (Å²) in [6.07, 6.45) is 18.0. The minimum Gasteiger partial charge on any atom is -0.349 e. The Balaban J connectivity index is 1.00. The van der Waals surface area contributed by atoms with Gasteiger partial charge < -0.3 is 21.3 Å². The summed E-state index contributed by atoms with van der Waals surface area (Å²) in [4.78, 5) is 49.6. The Morgan fingerprint density at radius 2 is 0.818 bits per heavy atom. The lowest BCUT2D eigenvalue weighted by Gasteiger charge is -2.22. The summed E-state index contributed by atoms with van der Waals surface area (Å²) in [5, 5.41) is 12.1. The van der Waals surface area contributed by atoms with Crippen molar-refractivity contribution in [1.82, 2.24) is 10.6 Å². The fraction of sp³-hybridized carbons (Fsp3) is 0.556. The van der Waals surface area contributed by atoms with Gasteiger partial charge in [-0.2, -0.15) is 0 Å². The van der Waals surface area contributed by atoms with Gasteiger partial charge in [0.25, 0.3) is 11.8 Å². The van der Waals surface area contributed by atoms with Crippen LogP contribution in [-0.2, 0) is 9.59 Å². The van der Waals surface area contributed by atoms with Gasteiger partial charge in [-0.25, -0.2) is 0 Å². The van der Waals surface area contributed by atoms with Crippen LogP contribution in [0.25, 0.3) is 0 Å². The molecular weight excluding hydrogens is 552 g/mol. The first-order valence-electron chi connectivity index (χ1n) is 16.9. The topological polar surface area (TPSA) is 116 Å². The Labute approximate surface area is 262 Å². The Kier molecular flexibility index (Phi) is 13.7. The number of benzene rings is 2. The third-order valence-corrected chi connectivity index (χ3v) is 8.80. The number of carbonyl (C=O) groups is 4. The highest BCUT2D eigenvalue weighted by molar-refractivity contribution is 5.96. The molecule has 8 heteroatoms. The molecule has 0 aromatic heterocycles. The van der Waals surface area contributed by atoms with Crippen LogP contribution in [0.2, 0.25) is 0 Å². The highest BCUT2D eigenvalue weighted by Gasteiger charge is 2.18. The zero-order chi connectivity index (χ0) is 31.0. The van der Waals surface area contributed by atoms with Crippen molar-refractivity contribution < 1.29 is 19.2 Å². The van der Waals surface area contributed by atoms with Crippen molar-refractivity contribution in [3.05, 3.63) is 59.7 Å². The molecule has 2 aliphatic rings. The molecule has 2 saturated carbocycles. The summed E-state index contributed by atoms with van der Waals surface area (Å²) in [5.41, 5.74) is 2.66. The summed E-state index contributed by atoms with van der Waals surface area (Å²) in [6, 6.07) is 14.8. The lowest BCUT2D eigenvalue weighted by atomic mass is 9.95. The molecule has 0 aliphatic heterocycles. The van der Waals surface area contributed by atoms with Crippen molar-refractivity contribution in [2.45, 2.75) is 128 Å². The van der Waals surface area contributed by atoms with Crippen LogP contribution < -0.4 is 21.3 Å². The van der Waals surface area contributed by atoms with E-state index in [9.17, 15) is 19.2 Å². The first-order chi connectivity index (χ1) is 21.5. The molecule has 4 rings (SSSR count). The predicted molar refractivity (Wildman–Crippen MR) is 176 cm³/mol. The van der Waals surface area contributed by atoms with Crippen molar-refractivity contribution >= 4 is 35.0 Å². The lowest BCUT2D eigenvalue weighted by molar-refractivity contribution is -0.117. The van der Waals surface area contributed by atoms with Crippen LogP contribution >= 0.6 is 0 Å². The highest BCUT2D eigenvalue weighted by Crippen LogP contribution is 2.20. The third kappa shape index (κ3) is 11.8. The van der Waals surface area contributed by atoms with Crippen LogP contribution in [0, 0.1) is 0 Å². The van der Waals surface area contributed by atoms with Crippen LogP contribution in [0.1, 0.15) is 136 Å². The Hall–Kier alpha value is -3.68. The normalized spacial score (nSPS) is 15.7. The van der Waals surface area contributed by atoms with Crippen molar-refractivity contribution in [3.8, 4) is 0 Å². The van der Waals surface area contributed by atoms with Crippen molar-refractivity contribution in [1.29, 1.82) is 0 Å². The van der Waals surface area contributed by atoms with E-state index in [4.69, 9.17) is 0 Å². The summed E-state index contributed by atoms with van der Waals surface area (Å²) in [7, 11) is 0. The molecule has 4 amide bonds. The second kappa shape index (κ2) is 18.2. The van der Waals surface area contributed by atoms with Gasteiger partial charge in [0.2, 0.25) is 11.8 Å². The van der Waals surface area contributed by atoms with Gasteiger partial charge in [-0.05, 0) is 87.1 Å². The quantitative estimate of drug-likeness (QED) is 0.158. The van der Waals surface area contributed by atoms with Crippen molar-refractivity contribution in [2.75, 3.05) is 10.6 Å². The number of amides is 4. The highest BCUT2D eigenvalue weighted by atomic mass is 16.2. The van der Waals surface area contributed by atoms with Gasteiger partial charge in [0.1, 0.15) is 0 Å². The third-order valence-electron chi connectivity index (χ3n) is 8.80. The number of nitrogens with one attached hydrogen (secondary N) is 4. The predicted octanol–water partition coefficient (Wildman–Crippen LogP) is 7.51. The van der Waals surface area contributed by atoms with E-state index in [0.29, 0.717) is 35.3 Å². The zero-order valence-electron chi connectivity index (χ0n) is 26.1. The minimum atomic E-state index is -0.0446. The van der Waals surface area contributed by atoms with Gasteiger partial charge >= 0.3 is 0 Å². The van der Waals surface area contributed by atoms with Crippen molar-refractivity contribution in [3.63, 3.8) is 0 Å². The molecule has 2 aromatic carbocycles. The number of hydrogen-bond acceptors (Lipinski definition) is 4. The summed E-state index contributed by atoms with van der Waals surface area (Å²) in [6.45, 7) is 0. The average Bonchev–Trinajstić information content (AvgIpc) is 3.04. The fourth-order valence-electron chi connectivity index (χ4n) is 6.17. The standard InChI is InChI=1S/C36H50N4O4/c41-33(37-31-23-19-27(20-24-31)35(43)39-29-13-7-5-8-14-29)17-11-3-1-2-4-12-18-34(42)38-32-25-21-28(22-26-32)36(44)40-30-15-9-6-10-16-30/h19-26,29-30H,1-18H2,(H,37,41)(H,38,42)(H,39,43)(H,40,44). The van der Waals surface area contributed by atoms with Crippen LogP contribution in [0.3, 0.4) is 0 Å². The lowest BCUT2D eigenvalue weighted by Crippen LogP contribution is -2.36. The summed E-state index contributed by atoms with van der Waals surface area (Å²) in [5.74, 6) is -0.119. The van der Waals surface area contributed by atoms with Crippen LogP contribution in [-0.4, -0.2) is 35.7 Å². The Morgan fingerprint density at radius 3 is 1.18 bits per heavy atom. The Bertz CT molecular complexity index is 1100. The second-order valence-corrected chi connectivity index (χ2v) is 12.5. The van der Waals surface area contributed by atoms with Gasteiger partial charge in [0.05, 0.1) is 0 Å². The molecule has 238 valence electrons. The number of unbranched alkanes of at least 4 members (excludes halogenated alkanes) is 5. The summed E-state index contributed by atoms with van der Waals surface area (Å²) < 4.78 is 0. The second-order valence-electron chi connectivity index (χ2n) is 12.5. The first kappa shape index (κ1) is 33.2. The number of rotatable bonds is 15. The SMILES string of the molecule is O=C(CCCCCCCCC(=O)Nc1ccc(C(=O)NC2CCCCC2)cc1)Nc1ccc(C(=O)NC2CCCCC2)cc1. The molecule has 44 heavy (non-hydrogen) atoms. The van der Waals surface area contributed by atoms with E-state index >= 15 is 0 Å². The van der Waals surface area contributed by atoms with Crippen LogP contribution in [0.5, 0.6) is 0 Å². The van der Waals surface area contributed by atoms with E-state index in [1.165, 1.54) is 38.5 Å². The molecule has 0 spiro atoms. The number of hydrogen-bond donors (Lipinski definition) is 4. The van der Waals surface area contributed by atoms with Crippen molar-refractivity contribution in [2.24, 2.45) is 0 Å². The van der Waals surface area contributed by atoms with E-state index in [0.717, 1.165) is 64.2 Å². The maximum atomic E-state index is 12.5. The van der Waals surface area contributed by atoms with Gasteiger partial charge in [-0.15, -0.1) is 0 Å². The molecular formula is C36H50N4O4. The molecule has 0 radical (unpaired) electrons. The molecule has 0 saturated heterocycles. The maximum Gasteiger partial charge on any atom is 0.251 e. The molecule has 0 unspecified atom stereocenters. The van der Waals surface area contributed by atoms with Gasteiger partial charge in [0, 0.05) is 47.4 Å². The minimum absolute atomic E-state index is 0.0149. The molecule has 8 nitrogen and oxygen atoms in total. The molecule has 4 N–H and O–H groups in total. The van der Waals surface area contributed by atoms with E-state index in [-0.39, 0.29) is 35.7 Å². The van der Waals surface area contributed by atoms with E-state index < -0.39 is 0 Å². The summed E-state index contributed by atoms with van der Waals surface area (Å²) >= 11 is 0. The molecule has 0 atom stereocenters. The van der Waals surface area contributed by atoms with E-state index in [2.05, 4.69) is 21.3 Å². The first-order valence-corrected chi connectivity index (χ1v) is 16.9. The average molecular weight is 603 g/mol. The monoisotopic (exact) mass is 602 g/mol. The van der Waals surface area contributed by atoms with E-state index in [1.54, 1.807) is 48.5 Å². The Morgan fingerprint density at radius 1 is 0.477 bits per heavy atom. The van der Waals surface area contributed by atoms with Gasteiger partial charge in [0.15, 0.2) is 0 Å². The molecule has 2 fully saturated rings. The maximum absolute atomic E-state index is 12.5. The zero-order valence-corrected chi connectivity index (χ0v) is 26.1. The molecule has 0 heterocycles. The number of carbonyl (C=O) groups excluding carboxylic acids is 4. The smallest absolute Gasteiger partial charge is 0.251 e. The largest absolute Gasteiger partial charge is 0.349 e.